The first-order valence-corrected chi connectivity index (χ1v) is 6.16. The van der Waals surface area contributed by atoms with E-state index >= 15 is 0 Å². The van der Waals surface area contributed by atoms with Crippen molar-refractivity contribution in [2.24, 2.45) is 11.7 Å². The highest BCUT2D eigenvalue weighted by molar-refractivity contribution is 5.29. The van der Waals surface area contributed by atoms with E-state index in [1.807, 2.05) is 6.92 Å². The molecule has 1 atom stereocenters. The Labute approximate surface area is 107 Å². The van der Waals surface area contributed by atoms with Crippen molar-refractivity contribution < 1.29 is 0 Å². The van der Waals surface area contributed by atoms with Gasteiger partial charge in [0.1, 0.15) is 0 Å². The van der Waals surface area contributed by atoms with Crippen LogP contribution >= 0.6 is 0 Å². The number of rotatable bonds is 4. The second-order valence-electron chi connectivity index (χ2n) is 4.65. The molecule has 0 aliphatic heterocycles. The third kappa shape index (κ3) is 2.41. The van der Waals surface area contributed by atoms with Gasteiger partial charge in [0.2, 0.25) is 0 Å². The summed E-state index contributed by atoms with van der Waals surface area (Å²) in [5.41, 5.74) is 9.06. The molecule has 2 heterocycles. The molecule has 0 aromatic carbocycles. The van der Waals surface area contributed by atoms with Gasteiger partial charge in [-0.25, -0.2) is 14.6 Å². The fourth-order valence-electron chi connectivity index (χ4n) is 2.00. The Hall–Kier alpha value is -1.75. The Morgan fingerprint density at radius 1 is 1.28 bits per heavy atom. The van der Waals surface area contributed by atoms with Gasteiger partial charge in [0.25, 0.3) is 5.95 Å². The average Bonchev–Trinajstić information content (AvgIpc) is 2.67. The number of aryl methyl sites for hydroxylation is 1. The molecule has 0 amide bonds. The summed E-state index contributed by atoms with van der Waals surface area (Å²) >= 11 is 0. The summed E-state index contributed by atoms with van der Waals surface area (Å²) in [6, 6.07) is 1.80. The first-order chi connectivity index (χ1) is 8.63. The molecule has 2 aromatic rings. The highest BCUT2D eigenvalue weighted by Crippen LogP contribution is 2.18. The van der Waals surface area contributed by atoms with Crippen molar-refractivity contribution in [2.45, 2.75) is 27.2 Å². The van der Waals surface area contributed by atoms with Gasteiger partial charge >= 0.3 is 0 Å². The van der Waals surface area contributed by atoms with E-state index in [0.717, 1.165) is 17.8 Å². The molecule has 0 spiro atoms. The molecule has 2 rings (SSSR count). The molecule has 0 fully saturated rings. The summed E-state index contributed by atoms with van der Waals surface area (Å²) in [4.78, 5) is 8.46. The highest BCUT2D eigenvalue weighted by atomic mass is 15.4. The molecule has 5 heteroatoms. The van der Waals surface area contributed by atoms with E-state index in [1.54, 1.807) is 23.1 Å². The molecule has 96 valence electrons. The van der Waals surface area contributed by atoms with Gasteiger partial charge in [-0.05, 0) is 44.4 Å². The molecule has 0 saturated carbocycles. The number of nitrogens with two attached hydrogens (primary N) is 1. The molecule has 0 bridgehead atoms. The van der Waals surface area contributed by atoms with E-state index in [9.17, 15) is 0 Å². The van der Waals surface area contributed by atoms with Crippen LogP contribution in [-0.4, -0.2) is 26.3 Å². The van der Waals surface area contributed by atoms with Gasteiger partial charge < -0.3 is 5.73 Å². The monoisotopic (exact) mass is 245 g/mol. The topological polar surface area (TPSA) is 69.6 Å². The van der Waals surface area contributed by atoms with Crippen LogP contribution in [0.3, 0.4) is 0 Å². The maximum Gasteiger partial charge on any atom is 0.250 e. The summed E-state index contributed by atoms with van der Waals surface area (Å²) < 4.78 is 1.80. The Bertz CT molecular complexity index is 518. The van der Waals surface area contributed by atoms with E-state index in [1.165, 1.54) is 5.56 Å². The van der Waals surface area contributed by atoms with Crippen molar-refractivity contribution >= 4 is 0 Å². The molecule has 0 aliphatic rings. The standard InChI is InChI=1S/C13H19N5/c1-9(8-14)7-12-10(2)17-18(11(12)3)13-15-5-4-6-16-13/h4-6,9H,7-8,14H2,1-3H3. The van der Waals surface area contributed by atoms with Gasteiger partial charge in [0, 0.05) is 18.1 Å². The van der Waals surface area contributed by atoms with E-state index in [2.05, 4.69) is 28.9 Å². The van der Waals surface area contributed by atoms with Crippen molar-refractivity contribution in [3.63, 3.8) is 0 Å². The van der Waals surface area contributed by atoms with Crippen molar-refractivity contribution in [3.8, 4) is 5.95 Å². The molecule has 0 saturated heterocycles. The molecule has 0 aliphatic carbocycles. The second kappa shape index (κ2) is 5.27. The maximum atomic E-state index is 5.69. The first kappa shape index (κ1) is 12.7. The highest BCUT2D eigenvalue weighted by Gasteiger charge is 2.15. The SMILES string of the molecule is Cc1nn(-c2ncccn2)c(C)c1CC(C)CN. The van der Waals surface area contributed by atoms with Crippen molar-refractivity contribution in [1.29, 1.82) is 0 Å². The zero-order valence-corrected chi connectivity index (χ0v) is 11.1. The number of hydrogen-bond donors (Lipinski definition) is 1. The molecular weight excluding hydrogens is 226 g/mol. The molecule has 2 aromatic heterocycles. The van der Waals surface area contributed by atoms with Crippen LogP contribution in [0, 0.1) is 19.8 Å². The average molecular weight is 245 g/mol. The van der Waals surface area contributed by atoms with Gasteiger partial charge in [-0.2, -0.15) is 5.10 Å². The Kier molecular flexibility index (Phi) is 3.72. The lowest BCUT2D eigenvalue weighted by atomic mass is 10.00. The van der Waals surface area contributed by atoms with E-state index in [-0.39, 0.29) is 0 Å². The van der Waals surface area contributed by atoms with Crippen molar-refractivity contribution in [1.82, 2.24) is 19.7 Å². The third-order valence-electron chi connectivity index (χ3n) is 3.14. The Morgan fingerprint density at radius 3 is 2.56 bits per heavy atom. The fraction of sp³-hybridized carbons (Fsp3) is 0.462. The predicted octanol–water partition coefficient (Wildman–Crippen LogP) is 1.42. The van der Waals surface area contributed by atoms with Crippen LogP contribution in [0.15, 0.2) is 18.5 Å². The molecule has 18 heavy (non-hydrogen) atoms. The van der Waals surface area contributed by atoms with Gasteiger partial charge in [-0.3, -0.25) is 0 Å². The quantitative estimate of drug-likeness (QED) is 0.884. The molecule has 5 nitrogen and oxygen atoms in total. The minimum Gasteiger partial charge on any atom is -0.330 e. The van der Waals surface area contributed by atoms with Crippen LogP contribution in [-0.2, 0) is 6.42 Å². The van der Waals surface area contributed by atoms with Crippen molar-refractivity contribution in [2.75, 3.05) is 6.54 Å². The summed E-state index contributed by atoms with van der Waals surface area (Å²) in [5, 5.41) is 4.52. The lowest BCUT2D eigenvalue weighted by Crippen LogP contribution is -2.14. The van der Waals surface area contributed by atoms with Crippen LogP contribution in [0.25, 0.3) is 5.95 Å². The number of hydrogen-bond acceptors (Lipinski definition) is 4. The second-order valence-corrected chi connectivity index (χ2v) is 4.65. The molecular formula is C13H19N5. The van der Waals surface area contributed by atoms with Crippen LogP contribution in [0.5, 0.6) is 0 Å². The molecule has 0 radical (unpaired) electrons. The van der Waals surface area contributed by atoms with E-state index in [4.69, 9.17) is 5.73 Å². The fourth-order valence-corrected chi connectivity index (χ4v) is 2.00. The van der Waals surface area contributed by atoms with Gasteiger partial charge in [0.05, 0.1) is 5.69 Å². The largest absolute Gasteiger partial charge is 0.330 e. The van der Waals surface area contributed by atoms with Gasteiger partial charge in [-0.1, -0.05) is 6.92 Å². The van der Waals surface area contributed by atoms with Crippen LogP contribution < -0.4 is 5.73 Å². The van der Waals surface area contributed by atoms with E-state index in [0.29, 0.717) is 18.4 Å². The van der Waals surface area contributed by atoms with Gasteiger partial charge in [-0.15, -0.1) is 0 Å². The third-order valence-corrected chi connectivity index (χ3v) is 3.14. The minimum atomic E-state index is 0.455. The number of nitrogens with zero attached hydrogens (tertiary/aromatic N) is 4. The number of aromatic nitrogens is 4. The smallest absolute Gasteiger partial charge is 0.250 e. The zero-order valence-electron chi connectivity index (χ0n) is 11.1. The maximum absolute atomic E-state index is 5.69. The van der Waals surface area contributed by atoms with Crippen molar-refractivity contribution in [3.05, 3.63) is 35.4 Å². The summed E-state index contributed by atoms with van der Waals surface area (Å²) in [7, 11) is 0. The Balaban J connectivity index is 2.38. The molecule has 2 N–H and O–H groups in total. The predicted molar refractivity (Wildman–Crippen MR) is 70.6 cm³/mol. The van der Waals surface area contributed by atoms with E-state index < -0.39 is 0 Å². The Morgan fingerprint density at radius 2 is 1.94 bits per heavy atom. The van der Waals surface area contributed by atoms with Crippen LogP contribution in [0.2, 0.25) is 0 Å². The summed E-state index contributed by atoms with van der Waals surface area (Å²) in [6.07, 6.45) is 4.39. The normalized spacial score (nSPS) is 12.7. The van der Waals surface area contributed by atoms with Crippen LogP contribution in [0.4, 0.5) is 0 Å². The lowest BCUT2D eigenvalue weighted by molar-refractivity contribution is 0.589. The lowest BCUT2D eigenvalue weighted by Gasteiger charge is -2.08. The summed E-state index contributed by atoms with van der Waals surface area (Å²) in [6.45, 7) is 6.90. The first-order valence-electron chi connectivity index (χ1n) is 6.16. The molecule has 1 unspecified atom stereocenters. The zero-order chi connectivity index (χ0) is 13.1. The van der Waals surface area contributed by atoms with Gasteiger partial charge in [0.15, 0.2) is 0 Å². The minimum absolute atomic E-state index is 0.455. The van der Waals surface area contributed by atoms with Crippen LogP contribution in [0.1, 0.15) is 23.9 Å². The summed E-state index contributed by atoms with van der Waals surface area (Å²) in [5.74, 6) is 1.07.